The van der Waals surface area contributed by atoms with Crippen LogP contribution < -0.4 is 11.1 Å². The average molecular weight is 365 g/mol. The van der Waals surface area contributed by atoms with E-state index in [1.165, 1.54) is 23.3 Å². The van der Waals surface area contributed by atoms with E-state index in [-0.39, 0.29) is 5.91 Å². The molecule has 0 atom stereocenters. The van der Waals surface area contributed by atoms with Gasteiger partial charge in [-0.3, -0.25) is 4.79 Å². The number of fused-ring (bicyclic) bond motifs is 1. The number of nitrogen functional groups attached to an aromatic ring is 1. The lowest BCUT2D eigenvalue weighted by Gasteiger charge is -2.11. The summed E-state index contributed by atoms with van der Waals surface area (Å²) < 4.78 is 0.919. The molecule has 1 aromatic carbocycles. The summed E-state index contributed by atoms with van der Waals surface area (Å²) in [6.07, 6.45) is 4.65. The van der Waals surface area contributed by atoms with Crippen molar-refractivity contribution in [3.63, 3.8) is 0 Å². The highest BCUT2D eigenvalue weighted by Gasteiger charge is 2.18. The van der Waals surface area contributed by atoms with E-state index < -0.39 is 0 Å². The number of nitrogens with two attached hydrogens (primary N) is 1. The van der Waals surface area contributed by atoms with Gasteiger partial charge in [-0.15, -0.1) is 11.3 Å². The van der Waals surface area contributed by atoms with Crippen molar-refractivity contribution in [2.75, 3.05) is 11.1 Å². The standard InChI is InChI=1S/C16H17BrN2OS/c1-9-6-11(17)8-12(18)15(9)19-16(20)14-7-10-4-2-3-5-13(10)21-14/h6-8H,2-5,18H2,1H3,(H,19,20). The van der Waals surface area contributed by atoms with Crippen LogP contribution in [0.25, 0.3) is 0 Å². The minimum absolute atomic E-state index is 0.0634. The average Bonchev–Trinajstić information content (AvgIpc) is 2.86. The van der Waals surface area contributed by atoms with E-state index in [0.29, 0.717) is 11.4 Å². The number of rotatable bonds is 2. The van der Waals surface area contributed by atoms with Crippen LogP contribution in [-0.2, 0) is 12.8 Å². The minimum atomic E-state index is -0.0634. The van der Waals surface area contributed by atoms with Crippen molar-refractivity contribution in [1.82, 2.24) is 0 Å². The quantitative estimate of drug-likeness (QED) is 0.768. The summed E-state index contributed by atoms with van der Waals surface area (Å²) in [4.78, 5) is 14.6. The normalized spacial score (nSPS) is 13.8. The Morgan fingerprint density at radius 3 is 2.76 bits per heavy atom. The van der Waals surface area contributed by atoms with Crippen LogP contribution in [0.2, 0.25) is 0 Å². The van der Waals surface area contributed by atoms with Crippen molar-refractivity contribution in [3.8, 4) is 0 Å². The number of carbonyl (C=O) groups is 1. The monoisotopic (exact) mass is 364 g/mol. The molecule has 2 aromatic rings. The Labute approximate surface area is 136 Å². The molecule has 1 aliphatic carbocycles. The Morgan fingerprint density at radius 2 is 2.05 bits per heavy atom. The van der Waals surface area contributed by atoms with Crippen LogP contribution in [0, 0.1) is 6.92 Å². The highest BCUT2D eigenvalue weighted by Crippen LogP contribution is 2.32. The van der Waals surface area contributed by atoms with E-state index in [9.17, 15) is 4.79 Å². The number of hydrogen-bond acceptors (Lipinski definition) is 3. The van der Waals surface area contributed by atoms with Gasteiger partial charge in [0.05, 0.1) is 16.3 Å². The van der Waals surface area contributed by atoms with E-state index in [2.05, 4.69) is 21.2 Å². The Morgan fingerprint density at radius 1 is 1.29 bits per heavy atom. The molecule has 3 nitrogen and oxygen atoms in total. The van der Waals surface area contributed by atoms with Gasteiger partial charge < -0.3 is 11.1 Å². The van der Waals surface area contributed by atoms with Crippen LogP contribution in [0.5, 0.6) is 0 Å². The molecule has 0 spiro atoms. The Hall–Kier alpha value is -1.33. The van der Waals surface area contributed by atoms with E-state index in [1.807, 2.05) is 25.1 Å². The fourth-order valence-electron chi connectivity index (χ4n) is 2.72. The Kier molecular flexibility index (Phi) is 4.04. The number of halogens is 1. The topological polar surface area (TPSA) is 55.1 Å². The predicted molar refractivity (Wildman–Crippen MR) is 92.2 cm³/mol. The van der Waals surface area contributed by atoms with Crippen LogP contribution in [0.3, 0.4) is 0 Å². The maximum absolute atomic E-state index is 12.5. The molecular formula is C16H17BrN2OS. The smallest absolute Gasteiger partial charge is 0.265 e. The lowest BCUT2D eigenvalue weighted by atomic mass is 9.99. The second-order valence-electron chi connectivity index (χ2n) is 5.41. The molecule has 21 heavy (non-hydrogen) atoms. The minimum Gasteiger partial charge on any atom is -0.397 e. The number of hydrogen-bond donors (Lipinski definition) is 2. The van der Waals surface area contributed by atoms with Gasteiger partial charge in [-0.05, 0) is 61.9 Å². The number of benzene rings is 1. The van der Waals surface area contributed by atoms with Crippen LogP contribution in [0.1, 0.15) is 38.5 Å². The first-order valence-corrected chi connectivity index (χ1v) is 8.64. The Balaban J connectivity index is 1.85. The van der Waals surface area contributed by atoms with Crippen molar-refractivity contribution in [3.05, 3.63) is 43.6 Å². The third-order valence-corrected chi connectivity index (χ3v) is 5.48. The van der Waals surface area contributed by atoms with E-state index in [1.54, 1.807) is 11.3 Å². The largest absolute Gasteiger partial charge is 0.397 e. The zero-order valence-corrected chi connectivity index (χ0v) is 14.2. The molecule has 1 heterocycles. The number of amides is 1. The fraction of sp³-hybridized carbons (Fsp3) is 0.312. The van der Waals surface area contributed by atoms with Gasteiger partial charge in [-0.25, -0.2) is 0 Å². The summed E-state index contributed by atoms with van der Waals surface area (Å²) in [7, 11) is 0. The lowest BCUT2D eigenvalue weighted by molar-refractivity contribution is 0.103. The molecule has 0 fully saturated rings. The molecule has 1 aliphatic rings. The number of anilines is 2. The van der Waals surface area contributed by atoms with E-state index >= 15 is 0 Å². The van der Waals surface area contributed by atoms with Crippen molar-refractivity contribution in [2.45, 2.75) is 32.6 Å². The first kappa shape index (κ1) is 14.6. The number of aryl methyl sites for hydroxylation is 3. The first-order chi connectivity index (χ1) is 10.0. The third-order valence-electron chi connectivity index (χ3n) is 3.79. The maximum Gasteiger partial charge on any atom is 0.265 e. The SMILES string of the molecule is Cc1cc(Br)cc(N)c1NC(=O)c1cc2c(s1)CCCC2. The van der Waals surface area contributed by atoms with Crippen LogP contribution >= 0.6 is 27.3 Å². The van der Waals surface area contributed by atoms with Crippen molar-refractivity contribution >= 4 is 44.5 Å². The van der Waals surface area contributed by atoms with E-state index in [0.717, 1.165) is 27.8 Å². The molecule has 3 rings (SSSR count). The maximum atomic E-state index is 12.5. The van der Waals surface area contributed by atoms with Gasteiger partial charge >= 0.3 is 0 Å². The lowest BCUT2D eigenvalue weighted by Crippen LogP contribution is -2.13. The highest BCUT2D eigenvalue weighted by molar-refractivity contribution is 9.10. The molecule has 0 radical (unpaired) electrons. The second kappa shape index (κ2) is 5.81. The van der Waals surface area contributed by atoms with Crippen LogP contribution in [0.4, 0.5) is 11.4 Å². The number of nitrogens with one attached hydrogen (secondary N) is 1. The molecule has 5 heteroatoms. The third kappa shape index (κ3) is 2.99. The predicted octanol–water partition coefficient (Wildman–Crippen LogP) is 4.53. The molecule has 1 aromatic heterocycles. The molecule has 0 unspecified atom stereocenters. The van der Waals surface area contributed by atoms with Crippen molar-refractivity contribution in [1.29, 1.82) is 0 Å². The molecule has 110 valence electrons. The summed E-state index contributed by atoms with van der Waals surface area (Å²) in [5.41, 5.74) is 9.59. The molecular weight excluding hydrogens is 348 g/mol. The first-order valence-electron chi connectivity index (χ1n) is 7.03. The van der Waals surface area contributed by atoms with Gasteiger partial charge in [-0.2, -0.15) is 0 Å². The summed E-state index contributed by atoms with van der Waals surface area (Å²) >= 11 is 5.02. The van der Waals surface area contributed by atoms with Gasteiger partial charge in [-0.1, -0.05) is 15.9 Å². The molecule has 3 N–H and O–H groups in total. The summed E-state index contributed by atoms with van der Waals surface area (Å²) in [6.45, 7) is 1.94. The fourth-order valence-corrected chi connectivity index (χ4v) is 4.46. The number of carbonyl (C=O) groups excluding carboxylic acids is 1. The molecule has 1 amide bonds. The molecule has 0 aliphatic heterocycles. The zero-order valence-electron chi connectivity index (χ0n) is 11.8. The Bertz CT molecular complexity index is 662. The van der Waals surface area contributed by atoms with Crippen molar-refractivity contribution in [2.24, 2.45) is 0 Å². The second-order valence-corrected chi connectivity index (χ2v) is 7.46. The molecule has 0 bridgehead atoms. The number of thiophene rings is 1. The van der Waals surface area contributed by atoms with Gasteiger partial charge in [0.15, 0.2) is 0 Å². The summed E-state index contributed by atoms with van der Waals surface area (Å²) in [6, 6.07) is 5.80. The van der Waals surface area contributed by atoms with Gasteiger partial charge in [0.2, 0.25) is 0 Å². The van der Waals surface area contributed by atoms with Crippen LogP contribution in [0.15, 0.2) is 22.7 Å². The molecule has 0 saturated carbocycles. The van der Waals surface area contributed by atoms with E-state index in [4.69, 9.17) is 5.73 Å². The van der Waals surface area contributed by atoms with Gasteiger partial charge in [0.25, 0.3) is 5.91 Å². The van der Waals surface area contributed by atoms with Gasteiger partial charge in [0, 0.05) is 9.35 Å². The van der Waals surface area contributed by atoms with Crippen molar-refractivity contribution < 1.29 is 4.79 Å². The summed E-state index contributed by atoms with van der Waals surface area (Å²) in [5.74, 6) is -0.0634. The van der Waals surface area contributed by atoms with Crippen LogP contribution in [-0.4, -0.2) is 5.91 Å². The van der Waals surface area contributed by atoms with Gasteiger partial charge in [0.1, 0.15) is 0 Å². The highest BCUT2D eigenvalue weighted by atomic mass is 79.9. The zero-order chi connectivity index (χ0) is 15.0. The molecule has 0 saturated heterocycles. The summed E-state index contributed by atoms with van der Waals surface area (Å²) in [5, 5.41) is 2.96.